The molecule has 0 radical (unpaired) electrons. The zero-order chi connectivity index (χ0) is 13.5. The van der Waals surface area contributed by atoms with Gasteiger partial charge in [0.25, 0.3) is 0 Å². The van der Waals surface area contributed by atoms with Gasteiger partial charge in [-0.3, -0.25) is 0 Å². The van der Waals surface area contributed by atoms with Crippen LogP contribution in [0.4, 0.5) is 0 Å². The summed E-state index contributed by atoms with van der Waals surface area (Å²) in [6.45, 7) is 5.29. The molecule has 1 aromatic carbocycles. The van der Waals surface area contributed by atoms with Crippen molar-refractivity contribution in [3.63, 3.8) is 0 Å². The van der Waals surface area contributed by atoms with Crippen molar-refractivity contribution in [2.45, 2.75) is 51.6 Å². The first kappa shape index (κ1) is 14.5. The number of likely N-dealkylation sites (tertiary alicyclic amines) is 1. The molecular formula is C17H27NO. The van der Waals surface area contributed by atoms with Crippen LogP contribution in [0.3, 0.4) is 0 Å². The lowest BCUT2D eigenvalue weighted by Crippen LogP contribution is -2.33. The van der Waals surface area contributed by atoms with Gasteiger partial charge in [-0.2, -0.15) is 0 Å². The third kappa shape index (κ3) is 4.63. The van der Waals surface area contributed by atoms with E-state index in [0.717, 1.165) is 31.6 Å². The maximum Gasteiger partial charge on any atom is 0.0916 e. The normalized spacial score (nSPS) is 18.4. The van der Waals surface area contributed by atoms with Gasteiger partial charge in [0.2, 0.25) is 0 Å². The van der Waals surface area contributed by atoms with E-state index in [2.05, 4.69) is 36.1 Å². The minimum atomic E-state index is -0.335. The highest BCUT2D eigenvalue weighted by molar-refractivity contribution is 5.24. The molecule has 1 aliphatic rings. The van der Waals surface area contributed by atoms with Crippen molar-refractivity contribution in [1.82, 2.24) is 4.90 Å². The van der Waals surface area contributed by atoms with E-state index in [9.17, 15) is 5.11 Å². The van der Waals surface area contributed by atoms with Gasteiger partial charge < -0.3 is 10.0 Å². The number of hydrogen-bond donors (Lipinski definition) is 1. The lowest BCUT2D eigenvalue weighted by Gasteiger charge is -2.28. The van der Waals surface area contributed by atoms with Gasteiger partial charge in [-0.15, -0.1) is 0 Å². The van der Waals surface area contributed by atoms with Gasteiger partial charge in [0, 0.05) is 6.54 Å². The van der Waals surface area contributed by atoms with Crippen molar-refractivity contribution in [1.29, 1.82) is 0 Å². The number of aryl methyl sites for hydroxylation is 1. The summed E-state index contributed by atoms with van der Waals surface area (Å²) in [6.07, 6.45) is 7.20. The summed E-state index contributed by atoms with van der Waals surface area (Å²) in [5.41, 5.74) is 2.45. The summed E-state index contributed by atoms with van der Waals surface area (Å²) >= 11 is 0. The van der Waals surface area contributed by atoms with Crippen molar-refractivity contribution in [2.75, 3.05) is 19.6 Å². The maximum absolute atomic E-state index is 10.3. The highest BCUT2D eigenvalue weighted by Crippen LogP contribution is 2.18. The molecule has 1 unspecified atom stereocenters. The Bertz CT molecular complexity index is 354. The highest BCUT2D eigenvalue weighted by Gasteiger charge is 2.15. The van der Waals surface area contributed by atoms with Crippen LogP contribution in [0.15, 0.2) is 24.3 Å². The highest BCUT2D eigenvalue weighted by atomic mass is 16.3. The smallest absolute Gasteiger partial charge is 0.0916 e. The second-order valence-corrected chi connectivity index (χ2v) is 5.72. The van der Waals surface area contributed by atoms with Crippen LogP contribution in [0.1, 0.15) is 56.3 Å². The molecule has 1 aliphatic heterocycles. The first-order valence-electron chi connectivity index (χ1n) is 7.79. The first-order chi connectivity index (χ1) is 9.29. The Labute approximate surface area is 117 Å². The number of nitrogens with zero attached hydrogens (tertiary/aromatic N) is 1. The Balaban J connectivity index is 1.85. The molecule has 2 heteroatoms. The fourth-order valence-corrected chi connectivity index (χ4v) is 2.78. The summed E-state index contributed by atoms with van der Waals surface area (Å²) in [5, 5.41) is 10.3. The van der Waals surface area contributed by atoms with Gasteiger partial charge in [0.05, 0.1) is 6.10 Å². The van der Waals surface area contributed by atoms with Crippen LogP contribution in [-0.2, 0) is 6.42 Å². The number of aliphatic hydroxyl groups is 1. The van der Waals surface area contributed by atoms with E-state index >= 15 is 0 Å². The van der Waals surface area contributed by atoms with Crippen molar-refractivity contribution < 1.29 is 5.11 Å². The number of unbranched alkanes of at least 4 members (excludes halogenated alkanes) is 1. The predicted octanol–water partition coefficient (Wildman–Crippen LogP) is 3.55. The van der Waals surface area contributed by atoms with E-state index in [1.54, 1.807) is 0 Å². The molecule has 106 valence electrons. The van der Waals surface area contributed by atoms with Crippen LogP contribution in [0.2, 0.25) is 0 Å². The monoisotopic (exact) mass is 261 g/mol. The van der Waals surface area contributed by atoms with E-state index in [1.807, 2.05) is 0 Å². The Morgan fingerprint density at radius 2 is 1.79 bits per heavy atom. The van der Waals surface area contributed by atoms with E-state index in [1.165, 1.54) is 37.7 Å². The molecule has 0 aromatic heterocycles. The third-order valence-corrected chi connectivity index (χ3v) is 4.06. The standard InChI is InChI=1S/C17H27NO/c1-2-3-7-15-8-10-16(11-9-15)17(19)14-18-12-5-4-6-13-18/h8-11,17,19H,2-7,12-14H2,1H3. The molecule has 0 bridgehead atoms. The molecule has 1 N–H and O–H groups in total. The van der Waals surface area contributed by atoms with Gasteiger partial charge in [-0.25, -0.2) is 0 Å². The third-order valence-electron chi connectivity index (χ3n) is 4.06. The van der Waals surface area contributed by atoms with E-state index in [0.29, 0.717) is 0 Å². The first-order valence-corrected chi connectivity index (χ1v) is 7.79. The van der Waals surface area contributed by atoms with Crippen molar-refractivity contribution >= 4 is 0 Å². The molecule has 1 fully saturated rings. The van der Waals surface area contributed by atoms with Crippen molar-refractivity contribution in [3.05, 3.63) is 35.4 Å². The van der Waals surface area contributed by atoms with Gasteiger partial charge in [0.1, 0.15) is 0 Å². The molecule has 1 saturated heterocycles. The second kappa shape index (κ2) is 7.66. The number of piperidine rings is 1. The summed E-state index contributed by atoms with van der Waals surface area (Å²) in [4.78, 5) is 2.39. The van der Waals surface area contributed by atoms with Gasteiger partial charge in [-0.1, -0.05) is 44.0 Å². The van der Waals surface area contributed by atoms with Crippen LogP contribution >= 0.6 is 0 Å². The van der Waals surface area contributed by atoms with Gasteiger partial charge in [0.15, 0.2) is 0 Å². The van der Waals surface area contributed by atoms with Crippen LogP contribution in [-0.4, -0.2) is 29.6 Å². The molecule has 1 heterocycles. The fourth-order valence-electron chi connectivity index (χ4n) is 2.78. The Morgan fingerprint density at radius 1 is 1.11 bits per heavy atom. The molecule has 2 rings (SSSR count). The average Bonchev–Trinajstić information content (AvgIpc) is 2.46. The van der Waals surface area contributed by atoms with Crippen molar-refractivity contribution in [3.8, 4) is 0 Å². The SMILES string of the molecule is CCCCc1ccc(C(O)CN2CCCCC2)cc1. The van der Waals surface area contributed by atoms with Crippen LogP contribution in [0.5, 0.6) is 0 Å². The molecule has 0 amide bonds. The summed E-state index contributed by atoms with van der Waals surface area (Å²) in [6, 6.07) is 8.54. The average molecular weight is 261 g/mol. The zero-order valence-corrected chi connectivity index (χ0v) is 12.1. The quantitative estimate of drug-likeness (QED) is 0.846. The van der Waals surface area contributed by atoms with Gasteiger partial charge >= 0.3 is 0 Å². The minimum absolute atomic E-state index is 0.335. The molecule has 2 nitrogen and oxygen atoms in total. The Hall–Kier alpha value is -0.860. The zero-order valence-electron chi connectivity index (χ0n) is 12.1. The molecule has 0 spiro atoms. The second-order valence-electron chi connectivity index (χ2n) is 5.72. The van der Waals surface area contributed by atoms with Crippen molar-refractivity contribution in [2.24, 2.45) is 0 Å². The molecular weight excluding hydrogens is 234 g/mol. The lowest BCUT2D eigenvalue weighted by atomic mass is 10.0. The number of hydrogen-bond acceptors (Lipinski definition) is 2. The number of rotatable bonds is 6. The summed E-state index contributed by atoms with van der Waals surface area (Å²) < 4.78 is 0. The number of aliphatic hydroxyl groups excluding tert-OH is 1. The van der Waals surface area contributed by atoms with Gasteiger partial charge in [-0.05, 0) is 49.9 Å². The maximum atomic E-state index is 10.3. The molecule has 0 aliphatic carbocycles. The molecule has 19 heavy (non-hydrogen) atoms. The predicted molar refractivity (Wildman–Crippen MR) is 80.3 cm³/mol. The fraction of sp³-hybridized carbons (Fsp3) is 0.647. The Kier molecular flexibility index (Phi) is 5.87. The number of benzene rings is 1. The topological polar surface area (TPSA) is 23.5 Å². The molecule has 0 saturated carbocycles. The van der Waals surface area contributed by atoms with Crippen LogP contribution in [0, 0.1) is 0 Å². The minimum Gasteiger partial charge on any atom is -0.387 e. The van der Waals surface area contributed by atoms with Crippen LogP contribution in [0.25, 0.3) is 0 Å². The molecule has 1 atom stereocenters. The summed E-state index contributed by atoms with van der Waals surface area (Å²) in [5.74, 6) is 0. The van der Waals surface area contributed by atoms with E-state index in [4.69, 9.17) is 0 Å². The lowest BCUT2D eigenvalue weighted by molar-refractivity contribution is 0.101. The van der Waals surface area contributed by atoms with Crippen LogP contribution < -0.4 is 0 Å². The largest absolute Gasteiger partial charge is 0.387 e. The van der Waals surface area contributed by atoms with E-state index in [-0.39, 0.29) is 6.10 Å². The molecule has 1 aromatic rings. The number of β-amino-alcohol motifs (C(OH)–C–C–N with tert-alkyl or cyclic N) is 1. The summed E-state index contributed by atoms with van der Waals surface area (Å²) in [7, 11) is 0. The Morgan fingerprint density at radius 3 is 2.42 bits per heavy atom. The van der Waals surface area contributed by atoms with E-state index < -0.39 is 0 Å².